The SMILES string of the molecule is CCCN1CCC(N2CCCC(CCC)(C(=O)O)C2)CC1. The summed E-state index contributed by atoms with van der Waals surface area (Å²) in [6, 6.07) is 0.606. The van der Waals surface area contributed by atoms with Crippen LogP contribution in [0.2, 0.25) is 0 Å². The quantitative estimate of drug-likeness (QED) is 0.818. The maximum atomic E-state index is 11.8. The van der Waals surface area contributed by atoms with Crippen LogP contribution in [0.25, 0.3) is 0 Å². The van der Waals surface area contributed by atoms with E-state index >= 15 is 0 Å². The summed E-state index contributed by atoms with van der Waals surface area (Å²) < 4.78 is 0. The van der Waals surface area contributed by atoms with E-state index in [4.69, 9.17) is 0 Å². The van der Waals surface area contributed by atoms with E-state index in [1.165, 1.54) is 38.9 Å². The number of hydrogen-bond acceptors (Lipinski definition) is 3. The minimum atomic E-state index is -0.572. The third kappa shape index (κ3) is 3.98. The zero-order chi connectivity index (χ0) is 15.3. The molecule has 4 nitrogen and oxygen atoms in total. The number of likely N-dealkylation sites (tertiary alicyclic amines) is 2. The number of piperidine rings is 2. The molecule has 2 heterocycles. The van der Waals surface area contributed by atoms with Crippen LogP contribution in [0.3, 0.4) is 0 Å². The van der Waals surface area contributed by atoms with Gasteiger partial charge in [-0.1, -0.05) is 20.3 Å². The highest BCUT2D eigenvalue weighted by molar-refractivity contribution is 5.75. The maximum Gasteiger partial charge on any atom is 0.310 e. The standard InChI is InChI=1S/C17H32N2O2/c1-3-8-17(16(20)21)9-5-11-19(14-17)15-6-12-18(10-4-2)13-7-15/h15H,3-14H2,1-2H3,(H,20,21). The predicted molar refractivity (Wildman–Crippen MR) is 85.5 cm³/mol. The Labute approximate surface area is 129 Å². The molecule has 1 atom stereocenters. The first-order valence-corrected chi connectivity index (χ1v) is 8.81. The van der Waals surface area contributed by atoms with E-state index in [-0.39, 0.29) is 0 Å². The Kier molecular flexibility index (Phi) is 6.06. The molecule has 0 amide bonds. The zero-order valence-corrected chi connectivity index (χ0v) is 13.8. The Hall–Kier alpha value is -0.610. The van der Waals surface area contributed by atoms with Gasteiger partial charge in [-0.05, 0) is 64.7 Å². The molecular formula is C17H32N2O2. The van der Waals surface area contributed by atoms with E-state index in [1.807, 2.05) is 0 Å². The second-order valence-electron chi connectivity index (χ2n) is 6.98. The van der Waals surface area contributed by atoms with Gasteiger partial charge in [-0.15, -0.1) is 0 Å². The highest BCUT2D eigenvalue weighted by atomic mass is 16.4. The molecule has 2 aliphatic rings. The average molecular weight is 296 g/mol. The van der Waals surface area contributed by atoms with E-state index < -0.39 is 11.4 Å². The lowest BCUT2D eigenvalue weighted by Gasteiger charge is -2.46. The molecule has 122 valence electrons. The van der Waals surface area contributed by atoms with E-state index in [0.29, 0.717) is 6.04 Å². The minimum absolute atomic E-state index is 0.479. The van der Waals surface area contributed by atoms with Crippen molar-refractivity contribution < 1.29 is 9.90 Å². The van der Waals surface area contributed by atoms with Crippen molar-refractivity contribution in [1.82, 2.24) is 9.80 Å². The summed E-state index contributed by atoms with van der Waals surface area (Å²) >= 11 is 0. The van der Waals surface area contributed by atoms with Gasteiger partial charge < -0.3 is 10.0 Å². The summed E-state index contributed by atoms with van der Waals surface area (Å²) in [5.41, 5.74) is -0.479. The van der Waals surface area contributed by atoms with Gasteiger partial charge in [-0.2, -0.15) is 0 Å². The average Bonchev–Trinajstić information content (AvgIpc) is 2.49. The molecule has 4 heteroatoms. The molecule has 2 saturated heterocycles. The molecule has 2 aliphatic heterocycles. The third-order valence-corrected chi connectivity index (χ3v) is 5.40. The zero-order valence-electron chi connectivity index (χ0n) is 13.8. The highest BCUT2D eigenvalue weighted by Gasteiger charge is 2.43. The van der Waals surface area contributed by atoms with Crippen LogP contribution in [0.4, 0.5) is 0 Å². The molecular weight excluding hydrogens is 264 g/mol. The fourth-order valence-corrected chi connectivity index (χ4v) is 4.27. The number of aliphatic carboxylic acids is 1. The van der Waals surface area contributed by atoms with Crippen molar-refractivity contribution in [2.75, 3.05) is 32.7 Å². The van der Waals surface area contributed by atoms with Crippen LogP contribution >= 0.6 is 0 Å². The molecule has 1 unspecified atom stereocenters. The fraction of sp³-hybridized carbons (Fsp3) is 0.941. The Morgan fingerprint density at radius 2 is 1.90 bits per heavy atom. The van der Waals surface area contributed by atoms with Crippen LogP contribution in [0, 0.1) is 5.41 Å². The van der Waals surface area contributed by atoms with Gasteiger partial charge in [-0.3, -0.25) is 9.69 Å². The largest absolute Gasteiger partial charge is 0.481 e. The summed E-state index contributed by atoms with van der Waals surface area (Å²) in [5.74, 6) is -0.572. The van der Waals surface area contributed by atoms with E-state index in [9.17, 15) is 9.90 Å². The van der Waals surface area contributed by atoms with Gasteiger partial charge in [0.2, 0.25) is 0 Å². The molecule has 1 N–H and O–H groups in total. The van der Waals surface area contributed by atoms with Gasteiger partial charge in [0.15, 0.2) is 0 Å². The van der Waals surface area contributed by atoms with E-state index in [2.05, 4.69) is 23.6 Å². The van der Waals surface area contributed by atoms with Crippen LogP contribution in [-0.2, 0) is 4.79 Å². The Bertz CT molecular complexity index is 336. The van der Waals surface area contributed by atoms with Crippen LogP contribution in [0.15, 0.2) is 0 Å². The molecule has 2 rings (SSSR count). The van der Waals surface area contributed by atoms with Crippen molar-refractivity contribution in [1.29, 1.82) is 0 Å². The van der Waals surface area contributed by atoms with Gasteiger partial charge in [0, 0.05) is 12.6 Å². The Morgan fingerprint density at radius 1 is 1.19 bits per heavy atom. The van der Waals surface area contributed by atoms with E-state index in [1.54, 1.807) is 0 Å². The van der Waals surface area contributed by atoms with Gasteiger partial charge in [-0.25, -0.2) is 0 Å². The number of carbonyl (C=O) groups is 1. The molecule has 0 spiro atoms. The smallest absolute Gasteiger partial charge is 0.310 e. The summed E-state index contributed by atoms with van der Waals surface area (Å²) in [7, 11) is 0. The lowest BCUT2D eigenvalue weighted by Crippen LogP contribution is -2.53. The monoisotopic (exact) mass is 296 g/mol. The van der Waals surface area contributed by atoms with Gasteiger partial charge in [0.25, 0.3) is 0 Å². The normalized spacial score (nSPS) is 29.6. The van der Waals surface area contributed by atoms with Crippen LogP contribution < -0.4 is 0 Å². The predicted octanol–water partition coefficient (Wildman–Crippen LogP) is 2.83. The second-order valence-corrected chi connectivity index (χ2v) is 6.98. The van der Waals surface area contributed by atoms with E-state index in [0.717, 1.165) is 38.8 Å². The van der Waals surface area contributed by atoms with Crippen molar-refractivity contribution in [3.63, 3.8) is 0 Å². The van der Waals surface area contributed by atoms with Crippen LogP contribution in [-0.4, -0.2) is 59.6 Å². The maximum absolute atomic E-state index is 11.8. The lowest BCUT2D eigenvalue weighted by molar-refractivity contribution is -0.154. The minimum Gasteiger partial charge on any atom is -0.481 e. The first kappa shape index (κ1) is 16.8. The van der Waals surface area contributed by atoms with Gasteiger partial charge in [0.05, 0.1) is 5.41 Å². The molecule has 0 aromatic carbocycles. The Morgan fingerprint density at radius 3 is 2.48 bits per heavy atom. The Balaban J connectivity index is 1.93. The molecule has 0 aliphatic carbocycles. The van der Waals surface area contributed by atoms with Gasteiger partial charge in [0.1, 0.15) is 0 Å². The number of rotatable bonds is 6. The van der Waals surface area contributed by atoms with Crippen LogP contribution in [0.5, 0.6) is 0 Å². The summed E-state index contributed by atoms with van der Waals surface area (Å²) in [6.45, 7) is 9.79. The van der Waals surface area contributed by atoms with Crippen molar-refractivity contribution in [3.8, 4) is 0 Å². The molecule has 0 aromatic rings. The lowest BCUT2D eigenvalue weighted by atomic mass is 9.75. The second kappa shape index (κ2) is 7.59. The fourth-order valence-electron chi connectivity index (χ4n) is 4.27. The topological polar surface area (TPSA) is 43.8 Å². The number of carboxylic acids is 1. The van der Waals surface area contributed by atoms with Crippen LogP contribution in [0.1, 0.15) is 58.8 Å². The van der Waals surface area contributed by atoms with Crippen molar-refractivity contribution in [3.05, 3.63) is 0 Å². The van der Waals surface area contributed by atoms with Crippen molar-refractivity contribution in [2.45, 2.75) is 64.8 Å². The molecule has 0 aromatic heterocycles. The molecule has 0 radical (unpaired) electrons. The first-order valence-electron chi connectivity index (χ1n) is 8.81. The molecule has 0 saturated carbocycles. The summed E-state index contributed by atoms with van der Waals surface area (Å²) in [5, 5.41) is 9.71. The summed E-state index contributed by atoms with van der Waals surface area (Å²) in [4.78, 5) is 16.8. The number of nitrogens with zero attached hydrogens (tertiary/aromatic N) is 2. The molecule has 2 fully saturated rings. The van der Waals surface area contributed by atoms with Gasteiger partial charge >= 0.3 is 5.97 Å². The number of carboxylic acid groups (broad SMARTS) is 1. The first-order chi connectivity index (χ1) is 10.1. The van der Waals surface area contributed by atoms with Crippen molar-refractivity contribution in [2.24, 2.45) is 5.41 Å². The van der Waals surface area contributed by atoms with Crippen molar-refractivity contribution >= 4 is 5.97 Å². The highest BCUT2D eigenvalue weighted by Crippen LogP contribution is 2.37. The molecule has 0 bridgehead atoms. The third-order valence-electron chi connectivity index (χ3n) is 5.40. The summed E-state index contributed by atoms with van der Waals surface area (Å²) in [6.07, 6.45) is 7.35. The number of hydrogen-bond donors (Lipinski definition) is 1. The molecule has 21 heavy (non-hydrogen) atoms.